The van der Waals surface area contributed by atoms with Gasteiger partial charge in [0.05, 0.1) is 5.56 Å². The van der Waals surface area contributed by atoms with E-state index in [4.69, 9.17) is 0 Å². The molecule has 4 rings (SSSR count). The van der Waals surface area contributed by atoms with Gasteiger partial charge in [-0.25, -0.2) is 0 Å². The van der Waals surface area contributed by atoms with Crippen molar-refractivity contribution in [3.8, 4) is 0 Å². The fourth-order valence-corrected chi connectivity index (χ4v) is 4.80. The van der Waals surface area contributed by atoms with Crippen molar-refractivity contribution in [1.82, 2.24) is 9.88 Å². The van der Waals surface area contributed by atoms with E-state index in [0.29, 0.717) is 29.8 Å². The maximum absolute atomic E-state index is 13.1. The third-order valence-corrected chi connectivity index (χ3v) is 6.90. The molecule has 35 heavy (non-hydrogen) atoms. The van der Waals surface area contributed by atoms with E-state index in [9.17, 15) is 23.1 Å². The molecule has 2 aromatic carbocycles. The predicted molar refractivity (Wildman–Crippen MR) is 128 cm³/mol. The molecule has 2 atom stereocenters. The molecule has 0 bridgehead atoms. The van der Waals surface area contributed by atoms with E-state index in [0.717, 1.165) is 24.1 Å². The molecule has 2 heterocycles. The SMILES string of the molecule is CC(C)(C)C(O)(c1ccc(C(=O)N2CCC(c3cccnc3)C2)cc1)c1ccc(C(F)(F)F)cc1. The number of likely N-dealkylation sites (tertiary alicyclic amines) is 1. The molecule has 1 aromatic heterocycles. The summed E-state index contributed by atoms with van der Waals surface area (Å²) in [5, 5.41) is 11.8. The average molecular weight is 483 g/mol. The number of alkyl halides is 3. The molecule has 1 aliphatic heterocycles. The number of pyridine rings is 1. The van der Waals surface area contributed by atoms with Crippen LogP contribution in [-0.4, -0.2) is 34.0 Å². The molecule has 0 saturated carbocycles. The number of aliphatic hydroxyl groups is 1. The van der Waals surface area contributed by atoms with Gasteiger partial charge in [-0.3, -0.25) is 9.78 Å². The number of carbonyl (C=O) groups excluding carboxylic acids is 1. The van der Waals surface area contributed by atoms with E-state index in [1.165, 1.54) is 12.1 Å². The summed E-state index contributed by atoms with van der Waals surface area (Å²) in [6, 6.07) is 15.2. The Kier molecular flexibility index (Phi) is 6.49. The van der Waals surface area contributed by atoms with E-state index in [1.54, 1.807) is 30.5 Å². The normalized spacial score (nSPS) is 18.4. The molecule has 0 radical (unpaired) electrons. The Morgan fingerprint density at radius 2 is 1.51 bits per heavy atom. The maximum atomic E-state index is 13.1. The van der Waals surface area contributed by atoms with Crippen molar-refractivity contribution in [3.05, 3.63) is 101 Å². The van der Waals surface area contributed by atoms with Crippen LogP contribution in [0.15, 0.2) is 73.1 Å². The van der Waals surface area contributed by atoms with Crippen molar-refractivity contribution in [2.45, 2.75) is 44.9 Å². The minimum absolute atomic E-state index is 0.0863. The first-order valence-corrected chi connectivity index (χ1v) is 11.6. The lowest BCUT2D eigenvalue weighted by molar-refractivity contribution is -0.137. The Balaban J connectivity index is 1.57. The van der Waals surface area contributed by atoms with Gasteiger partial charge in [-0.1, -0.05) is 51.1 Å². The molecule has 7 heteroatoms. The number of carbonyl (C=O) groups is 1. The van der Waals surface area contributed by atoms with Crippen LogP contribution in [0.5, 0.6) is 0 Å². The zero-order valence-electron chi connectivity index (χ0n) is 20.0. The predicted octanol–water partition coefficient (Wildman–Crippen LogP) is 6.01. The largest absolute Gasteiger partial charge is 0.416 e. The topological polar surface area (TPSA) is 53.4 Å². The van der Waals surface area contributed by atoms with Gasteiger partial charge in [0, 0.05) is 37.0 Å². The van der Waals surface area contributed by atoms with Crippen LogP contribution in [-0.2, 0) is 11.8 Å². The third kappa shape index (κ3) is 4.82. The van der Waals surface area contributed by atoms with Crippen molar-refractivity contribution in [3.63, 3.8) is 0 Å². The molecule has 1 saturated heterocycles. The highest BCUT2D eigenvalue weighted by molar-refractivity contribution is 5.94. The van der Waals surface area contributed by atoms with Gasteiger partial charge in [-0.05, 0) is 58.9 Å². The Bertz CT molecular complexity index is 1170. The number of aromatic nitrogens is 1. The van der Waals surface area contributed by atoms with Crippen molar-refractivity contribution >= 4 is 5.91 Å². The molecule has 4 nitrogen and oxygen atoms in total. The second kappa shape index (κ2) is 9.11. The molecule has 0 aliphatic carbocycles. The summed E-state index contributed by atoms with van der Waals surface area (Å²) in [4.78, 5) is 19.1. The van der Waals surface area contributed by atoms with Crippen LogP contribution in [0.4, 0.5) is 13.2 Å². The van der Waals surface area contributed by atoms with Crippen LogP contribution in [0.2, 0.25) is 0 Å². The van der Waals surface area contributed by atoms with Crippen molar-refractivity contribution in [2.24, 2.45) is 5.41 Å². The number of hydrogen-bond donors (Lipinski definition) is 1. The molecule has 1 amide bonds. The maximum Gasteiger partial charge on any atom is 0.416 e. The molecule has 184 valence electrons. The molecule has 2 unspecified atom stereocenters. The highest BCUT2D eigenvalue weighted by Crippen LogP contribution is 2.45. The number of benzene rings is 2. The number of amides is 1. The zero-order chi connectivity index (χ0) is 25.4. The molecule has 3 aromatic rings. The van der Waals surface area contributed by atoms with Gasteiger partial charge in [0.1, 0.15) is 5.60 Å². The Hall–Kier alpha value is -3.19. The molecule has 1 fully saturated rings. The smallest absolute Gasteiger partial charge is 0.380 e. The van der Waals surface area contributed by atoms with Gasteiger partial charge in [-0.15, -0.1) is 0 Å². The molecule has 1 N–H and O–H groups in total. The second-order valence-electron chi connectivity index (χ2n) is 10.1. The number of nitrogens with zero attached hydrogens (tertiary/aromatic N) is 2. The van der Waals surface area contributed by atoms with Crippen LogP contribution in [0.3, 0.4) is 0 Å². The van der Waals surface area contributed by atoms with Gasteiger partial charge in [0.2, 0.25) is 0 Å². The Morgan fingerprint density at radius 1 is 0.943 bits per heavy atom. The summed E-state index contributed by atoms with van der Waals surface area (Å²) in [5.41, 5.74) is -0.572. The molecular weight excluding hydrogens is 453 g/mol. The van der Waals surface area contributed by atoms with Crippen LogP contribution < -0.4 is 0 Å². The zero-order valence-corrected chi connectivity index (χ0v) is 20.0. The summed E-state index contributed by atoms with van der Waals surface area (Å²) < 4.78 is 39.1. The lowest BCUT2D eigenvalue weighted by Gasteiger charge is -2.41. The molecule has 1 aliphatic rings. The standard InChI is InChI=1S/C28H29F3N2O2/c1-26(2,3)27(35,23-10-12-24(13-11-23)28(29,30)31)22-8-6-19(7-9-22)25(34)33-16-14-21(18-33)20-5-4-15-32-17-20/h4-13,15,17,21,35H,14,16,18H2,1-3H3. The van der Waals surface area contributed by atoms with Crippen LogP contribution >= 0.6 is 0 Å². The Labute approximate surface area is 203 Å². The van der Waals surface area contributed by atoms with Gasteiger partial charge >= 0.3 is 6.18 Å². The first kappa shape index (κ1) is 24.9. The van der Waals surface area contributed by atoms with Gasteiger partial charge in [-0.2, -0.15) is 13.2 Å². The Morgan fingerprint density at radius 3 is 2.03 bits per heavy atom. The molecule has 0 spiro atoms. The highest BCUT2D eigenvalue weighted by atomic mass is 19.4. The number of rotatable bonds is 4. The lowest BCUT2D eigenvalue weighted by atomic mass is 9.68. The van der Waals surface area contributed by atoms with Crippen LogP contribution in [0.25, 0.3) is 0 Å². The van der Waals surface area contributed by atoms with E-state index in [1.807, 2.05) is 44.0 Å². The molecular formula is C28H29F3N2O2. The van der Waals surface area contributed by atoms with Crippen molar-refractivity contribution < 1.29 is 23.1 Å². The van der Waals surface area contributed by atoms with Gasteiger partial charge < -0.3 is 10.0 Å². The third-order valence-electron chi connectivity index (χ3n) is 6.90. The van der Waals surface area contributed by atoms with E-state index in [-0.39, 0.29) is 11.8 Å². The van der Waals surface area contributed by atoms with Crippen molar-refractivity contribution in [2.75, 3.05) is 13.1 Å². The fraction of sp³-hybridized carbons (Fsp3) is 0.357. The van der Waals surface area contributed by atoms with Crippen molar-refractivity contribution in [1.29, 1.82) is 0 Å². The van der Waals surface area contributed by atoms with Gasteiger partial charge in [0.15, 0.2) is 0 Å². The van der Waals surface area contributed by atoms with Gasteiger partial charge in [0.25, 0.3) is 5.91 Å². The summed E-state index contributed by atoms with van der Waals surface area (Å²) in [6.45, 7) is 6.74. The van der Waals surface area contributed by atoms with Crippen LogP contribution in [0.1, 0.15) is 65.7 Å². The number of halogens is 3. The summed E-state index contributed by atoms with van der Waals surface area (Å²) in [5.74, 6) is 0.161. The first-order valence-electron chi connectivity index (χ1n) is 11.6. The van der Waals surface area contributed by atoms with E-state index < -0.39 is 22.8 Å². The van der Waals surface area contributed by atoms with Crippen LogP contribution in [0, 0.1) is 5.41 Å². The number of hydrogen-bond acceptors (Lipinski definition) is 3. The summed E-state index contributed by atoms with van der Waals surface area (Å²) in [6.07, 6.45) is -0.0202. The fourth-order valence-electron chi connectivity index (χ4n) is 4.80. The first-order chi connectivity index (χ1) is 16.4. The second-order valence-corrected chi connectivity index (χ2v) is 10.1. The quantitative estimate of drug-likeness (QED) is 0.495. The monoisotopic (exact) mass is 482 g/mol. The van der Waals surface area contributed by atoms with E-state index >= 15 is 0 Å². The summed E-state index contributed by atoms with van der Waals surface area (Å²) >= 11 is 0. The summed E-state index contributed by atoms with van der Waals surface area (Å²) in [7, 11) is 0. The minimum Gasteiger partial charge on any atom is -0.380 e. The average Bonchev–Trinajstić information content (AvgIpc) is 3.33. The highest BCUT2D eigenvalue weighted by Gasteiger charge is 2.44. The minimum atomic E-state index is -4.45. The van der Waals surface area contributed by atoms with E-state index in [2.05, 4.69) is 4.98 Å². The lowest BCUT2D eigenvalue weighted by Crippen LogP contribution is -2.41.